The number of benzene rings is 1. The predicted octanol–water partition coefficient (Wildman–Crippen LogP) is -2.15. The van der Waals surface area contributed by atoms with Gasteiger partial charge in [-0.3, -0.25) is 14.9 Å². The second-order valence-electron chi connectivity index (χ2n) is 5.36. The Labute approximate surface area is 156 Å². The summed E-state index contributed by atoms with van der Waals surface area (Å²) in [5.74, 6) is 0.476. The minimum absolute atomic E-state index is 0.0940. The molecule has 11 heteroatoms. The van der Waals surface area contributed by atoms with Crippen molar-refractivity contribution in [3.05, 3.63) is 51.7 Å². The number of methoxy groups -OCH3 is 1. The molecule has 1 aromatic carbocycles. The van der Waals surface area contributed by atoms with Gasteiger partial charge in [-0.2, -0.15) is 4.57 Å². The van der Waals surface area contributed by atoms with Gasteiger partial charge in [0.15, 0.2) is 11.5 Å². The van der Waals surface area contributed by atoms with Crippen molar-refractivity contribution in [3.63, 3.8) is 0 Å². The first-order valence-corrected chi connectivity index (χ1v) is 8.55. The van der Waals surface area contributed by atoms with E-state index in [-0.39, 0.29) is 11.5 Å². The molecule has 0 bridgehead atoms. The zero-order valence-corrected chi connectivity index (χ0v) is 15.7. The maximum absolute atomic E-state index is 11.7. The lowest BCUT2D eigenvalue weighted by Gasteiger charge is -2.17. The molecule has 146 valence electrons. The van der Waals surface area contributed by atoms with E-state index in [0.29, 0.717) is 28.3 Å². The van der Waals surface area contributed by atoms with E-state index in [0.717, 1.165) is 0 Å². The van der Waals surface area contributed by atoms with Crippen LogP contribution in [0.25, 0.3) is 11.3 Å². The summed E-state index contributed by atoms with van der Waals surface area (Å²) in [6.07, 6.45) is 0. The van der Waals surface area contributed by atoms with E-state index in [1.807, 2.05) is 0 Å². The van der Waals surface area contributed by atoms with Gasteiger partial charge in [0.05, 0.1) is 23.2 Å². The normalized spacial score (nSPS) is 10.7. The van der Waals surface area contributed by atoms with Crippen LogP contribution in [-0.2, 0) is 7.05 Å². The van der Waals surface area contributed by atoms with Crippen LogP contribution < -0.4 is 27.9 Å². The molecule has 0 N–H and O–H groups in total. The summed E-state index contributed by atoms with van der Waals surface area (Å²) in [6.45, 7) is 3.17. The first kappa shape index (κ1) is 22.4. The SMILES string of the molecule is COc1ccc(-c2c([N+](=O)[O-])cc(C(C)=O)c(C)[n+]2C)cc1.[O-][Cl+3]([O-])([O-])[O-]. The smallest absolute Gasteiger partial charge is 0.341 e. The molecule has 0 spiro atoms. The van der Waals surface area contributed by atoms with Gasteiger partial charge >= 0.3 is 5.69 Å². The minimum atomic E-state index is -4.94. The minimum Gasteiger partial charge on any atom is -0.497 e. The van der Waals surface area contributed by atoms with Crippen LogP contribution in [0.15, 0.2) is 30.3 Å². The molecule has 0 radical (unpaired) electrons. The number of ether oxygens (including phenoxy) is 1. The zero-order valence-electron chi connectivity index (χ0n) is 14.9. The highest BCUT2D eigenvalue weighted by Gasteiger charge is 2.30. The van der Waals surface area contributed by atoms with Gasteiger partial charge in [-0.1, -0.05) is 0 Å². The number of ketones is 1. The fraction of sp³-hybridized carbons (Fsp3) is 0.250. The van der Waals surface area contributed by atoms with Crippen molar-refractivity contribution in [2.45, 2.75) is 13.8 Å². The highest BCUT2D eigenvalue weighted by Crippen LogP contribution is 2.29. The Morgan fingerprint density at radius 2 is 1.63 bits per heavy atom. The molecule has 1 heterocycles. The second-order valence-corrected chi connectivity index (χ2v) is 6.11. The lowest BCUT2D eigenvalue weighted by molar-refractivity contribution is -2.00. The van der Waals surface area contributed by atoms with E-state index in [1.165, 1.54) is 13.0 Å². The number of hydrogen-bond donors (Lipinski definition) is 0. The van der Waals surface area contributed by atoms with Crippen molar-refractivity contribution in [2.75, 3.05) is 7.11 Å². The second kappa shape index (κ2) is 8.84. The summed E-state index contributed by atoms with van der Waals surface area (Å²) < 4.78 is 40.8. The number of carbonyl (C=O) groups is 1. The molecular formula is C16H17ClN2O8. The summed E-state index contributed by atoms with van der Waals surface area (Å²) in [5, 5.41) is 11.4. The fourth-order valence-electron chi connectivity index (χ4n) is 2.42. The number of hydrogen-bond acceptors (Lipinski definition) is 8. The maximum atomic E-state index is 11.7. The van der Waals surface area contributed by atoms with Crippen LogP contribution in [-0.4, -0.2) is 17.8 Å². The van der Waals surface area contributed by atoms with Gasteiger partial charge in [-0.25, -0.2) is 18.6 Å². The zero-order chi connectivity index (χ0) is 20.9. The van der Waals surface area contributed by atoms with Gasteiger partial charge in [0.2, 0.25) is 0 Å². The molecule has 2 rings (SSSR count). The molecule has 0 amide bonds. The van der Waals surface area contributed by atoms with Crippen molar-refractivity contribution >= 4 is 11.5 Å². The van der Waals surface area contributed by atoms with Gasteiger partial charge in [0.25, 0.3) is 5.69 Å². The third kappa shape index (κ3) is 6.24. The Hall–Kier alpha value is -2.63. The van der Waals surface area contributed by atoms with Crippen molar-refractivity contribution in [2.24, 2.45) is 7.05 Å². The van der Waals surface area contributed by atoms with Crippen LogP contribution in [0.3, 0.4) is 0 Å². The van der Waals surface area contributed by atoms with Gasteiger partial charge < -0.3 is 4.74 Å². The number of carbonyl (C=O) groups excluding carboxylic acids is 1. The van der Waals surface area contributed by atoms with Gasteiger partial charge in [0.1, 0.15) is 12.8 Å². The molecule has 1 aromatic heterocycles. The summed E-state index contributed by atoms with van der Waals surface area (Å²) in [7, 11) is -1.67. The number of aromatic nitrogens is 1. The number of pyridine rings is 1. The third-order valence-corrected chi connectivity index (χ3v) is 3.69. The summed E-state index contributed by atoms with van der Waals surface area (Å²) >= 11 is 0. The summed E-state index contributed by atoms with van der Waals surface area (Å²) in [5.41, 5.74) is 2.09. The number of nitro groups is 1. The molecule has 0 saturated carbocycles. The molecule has 0 fully saturated rings. The van der Waals surface area contributed by atoms with Gasteiger partial charge in [0, 0.05) is 13.0 Å². The average Bonchev–Trinajstić information content (AvgIpc) is 2.55. The van der Waals surface area contributed by atoms with Crippen LogP contribution in [0, 0.1) is 27.3 Å². The Balaban J connectivity index is 0.000000646. The molecule has 0 atom stereocenters. The Bertz CT molecular complexity index is 841. The van der Waals surface area contributed by atoms with Crippen molar-refractivity contribution in [1.29, 1.82) is 0 Å². The molecule has 27 heavy (non-hydrogen) atoms. The largest absolute Gasteiger partial charge is 0.497 e. The third-order valence-electron chi connectivity index (χ3n) is 3.69. The quantitative estimate of drug-likeness (QED) is 0.242. The van der Waals surface area contributed by atoms with Gasteiger partial charge in [-0.15, -0.1) is 10.2 Å². The van der Waals surface area contributed by atoms with E-state index in [2.05, 4.69) is 0 Å². The molecule has 2 aromatic rings. The van der Waals surface area contributed by atoms with Gasteiger partial charge in [-0.05, 0) is 31.2 Å². The molecular weight excluding hydrogens is 384 g/mol. The lowest BCUT2D eigenvalue weighted by atomic mass is 10.0. The Morgan fingerprint density at radius 3 is 2.00 bits per heavy atom. The first-order valence-electron chi connectivity index (χ1n) is 7.32. The maximum Gasteiger partial charge on any atom is 0.341 e. The molecule has 0 unspecified atom stereocenters. The molecule has 0 aliphatic rings. The summed E-state index contributed by atoms with van der Waals surface area (Å²) in [6, 6.07) is 8.35. The fourth-order valence-corrected chi connectivity index (χ4v) is 2.42. The topological polar surface area (TPSA) is 166 Å². The highest BCUT2D eigenvalue weighted by molar-refractivity contribution is 5.95. The van der Waals surface area contributed by atoms with Crippen LogP contribution in [0.2, 0.25) is 0 Å². The van der Waals surface area contributed by atoms with Crippen molar-refractivity contribution in [3.8, 4) is 17.0 Å². The number of halogens is 1. The Kier molecular flexibility index (Phi) is 7.34. The molecule has 0 aliphatic carbocycles. The first-order chi connectivity index (χ1) is 12.4. The monoisotopic (exact) mass is 400 g/mol. The predicted molar refractivity (Wildman–Crippen MR) is 81.0 cm³/mol. The Morgan fingerprint density at radius 1 is 1.15 bits per heavy atom. The molecule has 0 saturated heterocycles. The van der Waals surface area contributed by atoms with E-state index in [4.69, 9.17) is 23.4 Å². The van der Waals surface area contributed by atoms with E-state index >= 15 is 0 Å². The highest BCUT2D eigenvalue weighted by atomic mass is 35.7. The van der Waals surface area contributed by atoms with Crippen LogP contribution in [0.4, 0.5) is 5.69 Å². The summed E-state index contributed by atoms with van der Waals surface area (Å²) in [4.78, 5) is 22.6. The molecule has 0 aliphatic heterocycles. The van der Waals surface area contributed by atoms with Crippen LogP contribution in [0.1, 0.15) is 23.0 Å². The standard InChI is InChI=1S/C16H17N2O4.ClHO4/c1-10-14(11(2)19)9-15(18(20)21)16(17(10)3)12-5-7-13(22-4)8-6-12;2-1(3,4)5/h5-9H,1-4H3;(H,2,3,4,5)/q+1;/p-1. The van der Waals surface area contributed by atoms with Crippen molar-refractivity contribution < 1.29 is 47.9 Å². The van der Waals surface area contributed by atoms with E-state index < -0.39 is 15.2 Å². The van der Waals surface area contributed by atoms with Crippen LogP contribution >= 0.6 is 0 Å². The van der Waals surface area contributed by atoms with Crippen LogP contribution in [0.5, 0.6) is 5.75 Å². The van der Waals surface area contributed by atoms with E-state index in [1.54, 1.807) is 49.9 Å². The number of nitrogens with zero attached hydrogens (tertiary/aromatic N) is 2. The molecule has 10 nitrogen and oxygen atoms in total. The van der Waals surface area contributed by atoms with E-state index in [9.17, 15) is 14.9 Å². The average molecular weight is 401 g/mol. The number of Topliss-reactive ketones (excluding diaryl/α,β-unsaturated/α-hetero) is 1. The number of rotatable bonds is 4. The van der Waals surface area contributed by atoms with Crippen molar-refractivity contribution in [1.82, 2.24) is 0 Å². The lowest BCUT2D eigenvalue weighted by Crippen LogP contribution is -2.68.